The molecule has 0 unspecified atom stereocenters. The molecule has 0 bridgehead atoms. The first-order chi connectivity index (χ1) is 5.92. The Labute approximate surface area is 70.7 Å². The van der Waals surface area contributed by atoms with Crippen LogP contribution in [0.2, 0.25) is 0 Å². The molecule has 0 radical (unpaired) electrons. The maximum Gasteiger partial charge on any atom is 0.0460 e. The summed E-state index contributed by atoms with van der Waals surface area (Å²) >= 11 is 0. The maximum atomic E-state index is 5.32. The van der Waals surface area contributed by atoms with E-state index in [-0.39, 0.29) is 0 Å². The van der Waals surface area contributed by atoms with Gasteiger partial charge in [-0.2, -0.15) is 0 Å². The van der Waals surface area contributed by atoms with Gasteiger partial charge in [0.05, 0.1) is 0 Å². The summed E-state index contributed by atoms with van der Waals surface area (Å²) < 4.78 is 0. The van der Waals surface area contributed by atoms with E-state index in [1.807, 2.05) is 30.5 Å². The van der Waals surface area contributed by atoms with Crippen LogP contribution in [-0.4, -0.2) is 4.98 Å². The number of para-hydroxylation sites is 1. The lowest BCUT2D eigenvalue weighted by Crippen LogP contribution is -1.75. The Morgan fingerprint density at radius 1 is 1.25 bits per heavy atom. The first-order valence-corrected chi connectivity index (χ1v) is 3.86. The van der Waals surface area contributed by atoms with Gasteiger partial charge in [0, 0.05) is 22.7 Å². The van der Waals surface area contributed by atoms with E-state index >= 15 is 0 Å². The van der Waals surface area contributed by atoms with Gasteiger partial charge in [-0.05, 0) is 18.3 Å². The summed E-state index contributed by atoms with van der Waals surface area (Å²) in [7, 11) is 0. The molecule has 0 saturated carbocycles. The van der Waals surface area contributed by atoms with E-state index in [0.717, 1.165) is 11.1 Å². The number of aromatic amines is 1. The van der Waals surface area contributed by atoms with Crippen molar-refractivity contribution in [2.75, 3.05) is 0 Å². The van der Waals surface area contributed by atoms with Gasteiger partial charge >= 0.3 is 0 Å². The molecule has 0 amide bonds. The lowest BCUT2D eigenvalue weighted by molar-refractivity contribution is 1.47. The van der Waals surface area contributed by atoms with E-state index in [2.05, 4.69) is 11.1 Å². The number of nitrogens with one attached hydrogen (secondary N) is 1. The summed E-state index contributed by atoms with van der Waals surface area (Å²) in [6.07, 6.45) is 5.39. The highest BCUT2D eigenvalue weighted by Gasteiger charge is 1.97. The van der Waals surface area contributed by atoms with Crippen LogP contribution >= 0.6 is 0 Å². The second-order valence-electron chi connectivity index (χ2n) is 2.65. The fraction of sp³-hybridized carbons (Fsp3) is 0. The Hall–Kier alpha value is -1.70. The summed E-state index contributed by atoms with van der Waals surface area (Å²) in [5.41, 5.74) is 7.59. The van der Waals surface area contributed by atoms with Gasteiger partial charge in [0.25, 0.3) is 0 Å². The zero-order valence-electron chi connectivity index (χ0n) is 6.62. The fourth-order valence-electron chi connectivity index (χ4n) is 1.34. The van der Waals surface area contributed by atoms with E-state index in [1.54, 1.807) is 6.20 Å². The molecular weight excluding hydrogens is 148 g/mol. The van der Waals surface area contributed by atoms with Crippen molar-refractivity contribution in [2.45, 2.75) is 0 Å². The Morgan fingerprint density at radius 3 is 2.92 bits per heavy atom. The number of hydrogen-bond donors (Lipinski definition) is 2. The summed E-state index contributed by atoms with van der Waals surface area (Å²) in [5.74, 6) is 0. The van der Waals surface area contributed by atoms with E-state index in [0.29, 0.717) is 0 Å². The van der Waals surface area contributed by atoms with Gasteiger partial charge in [0.2, 0.25) is 0 Å². The average molecular weight is 158 g/mol. The molecule has 3 N–H and O–H groups in total. The number of H-pyrrole nitrogens is 1. The molecule has 1 aromatic carbocycles. The van der Waals surface area contributed by atoms with Gasteiger partial charge in [-0.1, -0.05) is 18.2 Å². The quantitative estimate of drug-likeness (QED) is 0.655. The van der Waals surface area contributed by atoms with Gasteiger partial charge in [0.1, 0.15) is 0 Å². The third-order valence-corrected chi connectivity index (χ3v) is 1.90. The largest absolute Gasteiger partial charge is 0.405 e. The molecule has 0 spiro atoms. The Balaban J connectivity index is 2.70. The number of benzene rings is 1. The lowest BCUT2D eigenvalue weighted by Gasteiger charge is -1.88. The van der Waals surface area contributed by atoms with Crippen LogP contribution in [0.5, 0.6) is 0 Å². The highest BCUT2D eigenvalue weighted by molar-refractivity contribution is 5.88. The maximum absolute atomic E-state index is 5.32. The molecule has 0 atom stereocenters. The zero-order chi connectivity index (χ0) is 8.39. The minimum absolute atomic E-state index is 1.13. The van der Waals surface area contributed by atoms with Crippen molar-refractivity contribution in [1.82, 2.24) is 4.98 Å². The van der Waals surface area contributed by atoms with Crippen molar-refractivity contribution in [1.29, 1.82) is 0 Å². The predicted molar refractivity (Wildman–Crippen MR) is 51.5 cm³/mol. The molecule has 2 aromatic rings. The number of aromatic nitrogens is 1. The van der Waals surface area contributed by atoms with Crippen LogP contribution in [0.1, 0.15) is 5.56 Å². The molecular formula is C10H10N2. The molecule has 0 fully saturated rings. The molecule has 1 aromatic heterocycles. The van der Waals surface area contributed by atoms with Crippen molar-refractivity contribution in [3.63, 3.8) is 0 Å². The monoisotopic (exact) mass is 158 g/mol. The second-order valence-corrected chi connectivity index (χ2v) is 2.65. The molecule has 60 valence electrons. The van der Waals surface area contributed by atoms with Gasteiger partial charge in [-0.15, -0.1) is 0 Å². The van der Waals surface area contributed by atoms with Crippen LogP contribution in [0.15, 0.2) is 36.7 Å². The Morgan fingerprint density at radius 2 is 2.08 bits per heavy atom. The normalized spacial score (nSPS) is 11.3. The van der Waals surface area contributed by atoms with Crippen LogP contribution in [0.25, 0.3) is 17.0 Å². The molecule has 0 aliphatic heterocycles. The van der Waals surface area contributed by atoms with Gasteiger partial charge < -0.3 is 10.7 Å². The molecule has 2 rings (SSSR count). The van der Waals surface area contributed by atoms with Crippen LogP contribution in [0.3, 0.4) is 0 Å². The first kappa shape index (κ1) is 6.98. The number of rotatable bonds is 1. The zero-order valence-corrected chi connectivity index (χ0v) is 6.62. The molecule has 0 aliphatic carbocycles. The number of nitrogens with two attached hydrogens (primary N) is 1. The second kappa shape index (κ2) is 2.74. The van der Waals surface area contributed by atoms with Crippen molar-refractivity contribution in [3.05, 3.63) is 42.2 Å². The van der Waals surface area contributed by atoms with Crippen LogP contribution < -0.4 is 5.73 Å². The SMILES string of the molecule is NC=Cc1c[nH]c2ccccc12. The minimum atomic E-state index is 1.13. The standard InChI is InChI=1S/C10H10N2/c11-6-5-8-7-12-10-4-2-1-3-9(8)10/h1-7,12H,11H2. The number of fused-ring (bicyclic) bond motifs is 1. The first-order valence-electron chi connectivity index (χ1n) is 3.86. The van der Waals surface area contributed by atoms with Gasteiger partial charge in [0.15, 0.2) is 0 Å². The smallest absolute Gasteiger partial charge is 0.0460 e. The van der Waals surface area contributed by atoms with Crippen LogP contribution in [0, 0.1) is 0 Å². The topological polar surface area (TPSA) is 41.8 Å². The highest BCUT2D eigenvalue weighted by atomic mass is 14.7. The van der Waals surface area contributed by atoms with Crippen molar-refractivity contribution in [3.8, 4) is 0 Å². The van der Waals surface area contributed by atoms with Crippen molar-refractivity contribution < 1.29 is 0 Å². The summed E-state index contributed by atoms with van der Waals surface area (Å²) in [5, 5.41) is 1.21. The number of hydrogen-bond acceptors (Lipinski definition) is 1. The lowest BCUT2D eigenvalue weighted by atomic mass is 10.2. The third-order valence-electron chi connectivity index (χ3n) is 1.90. The average Bonchev–Trinajstić information content (AvgIpc) is 2.50. The fourth-order valence-corrected chi connectivity index (χ4v) is 1.34. The van der Waals surface area contributed by atoms with E-state index in [9.17, 15) is 0 Å². The van der Waals surface area contributed by atoms with E-state index in [1.165, 1.54) is 5.39 Å². The molecule has 0 aliphatic rings. The molecule has 12 heavy (non-hydrogen) atoms. The van der Waals surface area contributed by atoms with E-state index < -0.39 is 0 Å². The van der Waals surface area contributed by atoms with Gasteiger partial charge in [-0.3, -0.25) is 0 Å². The highest BCUT2D eigenvalue weighted by Crippen LogP contribution is 2.18. The van der Waals surface area contributed by atoms with Crippen molar-refractivity contribution >= 4 is 17.0 Å². The Bertz CT molecular complexity index is 412. The molecule has 1 heterocycles. The molecule has 2 nitrogen and oxygen atoms in total. The minimum Gasteiger partial charge on any atom is -0.405 e. The Kier molecular flexibility index (Phi) is 1.59. The third kappa shape index (κ3) is 0.975. The predicted octanol–water partition coefficient (Wildman–Crippen LogP) is 2.10. The molecule has 0 saturated heterocycles. The van der Waals surface area contributed by atoms with Crippen molar-refractivity contribution in [2.24, 2.45) is 5.73 Å². The van der Waals surface area contributed by atoms with E-state index in [4.69, 9.17) is 5.73 Å². The van der Waals surface area contributed by atoms with Gasteiger partial charge in [-0.25, -0.2) is 0 Å². The summed E-state index contributed by atoms with van der Waals surface area (Å²) in [6.45, 7) is 0. The summed E-state index contributed by atoms with van der Waals surface area (Å²) in [6, 6.07) is 8.14. The van der Waals surface area contributed by atoms with Crippen LogP contribution in [0.4, 0.5) is 0 Å². The van der Waals surface area contributed by atoms with Crippen LogP contribution in [-0.2, 0) is 0 Å². The summed E-state index contributed by atoms with van der Waals surface area (Å²) in [4.78, 5) is 3.17. The molecule has 2 heteroatoms.